The monoisotopic (exact) mass is 527 g/mol. The molecule has 0 bridgehead atoms. The minimum Gasteiger partial charge on any atom is -0.357 e. The third kappa shape index (κ3) is 7.19. The fraction of sp³-hybridized carbons (Fsp3) is 0.273. The lowest BCUT2D eigenvalue weighted by atomic mass is 9.95. The van der Waals surface area contributed by atoms with Gasteiger partial charge in [-0.1, -0.05) is 6.07 Å². The molecular weight excluding hydrogens is 504 g/mol. The fourth-order valence-corrected chi connectivity index (χ4v) is 3.58. The number of halogens is 6. The molecular formula is C22H23F6N9. The number of hydrazone groups is 1. The van der Waals surface area contributed by atoms with Gasteiger partial charge in [0, 0.05) is 23.6 Å². The summed E-state index contributed by atoms with van der Waals surface area (Å²) in [5.74, 6) is 10.0. The number of hydrogen-bond donors (Lipinski definition) is 5. The number of hydrogen-bond acceptors (Lipinski definition) is 8. The normalized spacial score (nSPS) is 14.1. The number of amidine groups is 1. The van der Waals surface area contributed by atoms with Crippen molar-refractivity contribution in [2.75, 3.05) is 10.6 Å². The second-order valence-electron chi connectivity index (χ2n) is 8.28. The first-order valence-corrected chi connectivity index (χ1v) is 10.6. The molecule has 2 aromatic heterocycles. The Morgan fingerprint density at radius 1 is 1.00 bits per heavy atom. The molecule has 0 aliphatic heterocycles. The van der Waals surface area contributed by atoms with Gasteiger partial charge in [-0.2, -0.15) is 31.4 Å². The zero-order valence-electron chi connectivity index (χ0n) is 19.5. The summed E-state index contributed by atoms with van der Waals surface area (Å²) in [5.41, 5.74) is 1.57. The van der Waals surface area contributed by atoms with Crippen molar-refractivity contribution in [2.45, 2.75) is 38.2 Å². The molecule has 9 nitrogen and oxygen atoms in total. The van der Waals surface area contributed by atoms with Crippen LogP contribution in [0.4, 0.5) is 43.8 Å². The number of pyridine rings is 1. The Labute approximate surface area is 207 Å². The van der Waals surface area contributed by atoms with Gasteiger partial charge in [0.2, 0.25) is 5.95 Å². The summed E-state index contributed by atoms with van der Waals surface area (Å²) >= 11 is 0. The van der Waals surface area contributed by atoms with Crippen LogP contribution in [0.25, 0.3) is 11.1 Å². The number of benzene rings is 1. The van der Waals surface area contributed by atoms with Gasteiger partial charge in [0.15, 0.2) is 5.84 Å². The standard InChI is InChI=1S/C22H23F6N9/c1-12-7-14(9-15(8-12)33-19-31-6-5-16(34-19)22(26,27)28)13-3-4-17(32-10-13)35-20(2,11-21(23,24)25)18(36-29)37-30/h3-10H,11,29-30H2,1-2H3,(H,32,35)(H,36,37)(H,31,33,34). The summed E-state index contributed by atoms with van der Waals surface area (Å²) in [6.45, 7) is 3.00. The van der Waals surface area contributed by atoms with E-state index in [-0.39, 0.29) is 17.6 Å². The quantitative estimate of drug-likeness (QED) is 0.0998. The minimum atomic E-state index is -4.62. The molecule has 0 radical (unpaired) electrons. The van der Waals surface area contributed by atoms with Crippen molar-refractivity contribution in [3.05, 3.63) is 60.0 Å². The zero-order valence-corrected chi connectivity index (χ0v) is 19.5. The smallest absolute Gasteiger partial charge is 0.357 e. The predicted molar refractivity (Wildman–Crippen MR) is 126 cm³/mol. The Morgan fingerprint density at radius 2 is 1.73 bits per heavy atom. The van der Waals surface area contributed by atoms with Gasteiger partial charge >= 0.3 is 12.4 Å². The number of nitrogens with one attached hydrogen (secondary N) is 3. The number of nitrogens with two attached hydrogens (primary N) is 2. The lowest BCUT2D eigenvalue weighted by molar-refractivity contribution is -0.141. The second kappa shape index (κ2) is 10.5. The van der Waals surface area contributed by atoms with E-state index in [9.17, 15) is 26.3 Å². The summed E-state index contributed by atoms with van der Waals surface area (Å²) in [6, 6.07) is 8.96. The highest BCUT2D eigenvalue weighted by molar-refractivity contribution is 5.93. The zero-order chi connectivity index (χ0) is 27.4. The molecule has 1 unspecified atom stereocenters. The van der Waals surface area contributed by atoms with E-state index in [4.69, 9.17) is 11.7 Å². The Hall–Kier alpha value is -4.14. The van der Waals surface area contributed by atoms with Crippen LogP contribution in [0.3, 0.4) is 0 Å². The highest BCUT2D eigenvalue weighted by Crippen LogP contribution is 2.32. The molecule has 0 saturated heterocycles. The maximum atomic E-state index is 13.2. The predicted octanol–water partition coefficient (Wildman–Crippen LogP) is 4.47. The molecule has 0 fully saturated rings. The maximum absolute atomic E-state index is 13.2. The average Bonchev–Trinajstić information content (AvgIpc) is 2.78. The summed E-state index contributed by atoms with van der Waals surface area (Å²) in [7, 11) is 0. The molecule has 7 N–H and O–H groups in total. The summed E-state index contributed by atoms with van der Waals surface area (Å²) in [6.07, 6.45) is -8.11. The van der Waals surface area contributed by atoms with Crippen molar-refractivity contribution in [1.82, 2.24) is 20.4 Å². The van der Waals surface area contributed by atoms with E-state index >= 15 is 0 Å². The molecule has 0 aliphatic rings. The van der Waals surface area contributed by atoms with E-state index in [2.05, 4.69) is 36.1 Å². The van der Waals surface area contributed by atoms with Crippen LogP contribution in [0.5, 0.6) is 0 Å². The van der Waals surface area contributed by atoms with Gasteiger partial charge in [0.05, 0.1) is 6.42 Å². The lowest BCUT2D eigenvalue weighted by Crippen LogP contribution is -2.55. The summed E-state index contributed by atoms with van der Waals surface area (Å²) < 4.78 is 78.4. The Balaban J connectivity index is 1.86. The molecule has 0 aliphatic carbocycles. The molecule has 1 aromatic carbocycles. The van der Waals surface area contributed by atoms with Crippen LogP contribution >= 0.6 is 0 Å². The average molecular weight is 527 g/mol. The number of aromatic nitrogens is 3. The minimum absolute atomic E-state index is 0.0928. The van der Waals surface area contributed by atoms with Crippen LogP contribution in [0.2, 0.25) is 0 Å². The summed E-state index contributed by atoms with van der Waals surface area (Å²) in [5, 5.41) is 8.72. The van der Waals surface area contributed by atoms with Crippen LogP contribution in [0.1, 0.15) is 24.6 Å². The van der Waals surface area contributed by atoms with E-state index in [1.807, 2.05) is 0 Å². The highest BCUT2D eigenvalue weighted by atomic mass is 19.4. The van der Waals surface area contributed by atoms with Gasteiger partial charge in [0.25, 0.3) is 0 Å². The molecule has 37 heavy (non-hydrogen) atoms. The molecule has 15 heteroatoms. The van der Waals surface area contributed by atoms with E-state index in [0.29, 0.717) is 16.8 Å². The van der Waals surface area contributed by atoms with Crippen LogP contribution in [-0.4, -0.2) is 32.5 Å². The van der Waals surface area contributed by atoms with Crippen molar-refractivity contribution in [2.24, 2.45) is 16.8 Å². The van der Waals surface area contributed by atoms with Crippen LogP contribution in [0, 0.1) is 6.92 Å². The fourth-order valence-electron chi connectivity index (χ4n) is 3.58. The van der Waals surface area contributed by atoms with Crippen molar-refractivity contribution < 1.29 is 26.3 Å². The number of hydrazine groups is 1. The van der Waals surface area contributed by atoms with Gasteiger partial charge in [-0.25, -0.2) is 20.8 Å². The number of alkyl halides is 6. The van der Waals surface area contributed by atoms with Gasteiger partial charge in [-0.05, 0) is 55.3 Å². The summed E-state index contributed by atoms with van der Waals surface area (Å²) in [4.78, 5) is 11.5. The molecule has 3 aromatic rings. The molecule has 3 rings (SSSR count). The third-order valence-electron chi connectivity index (χ3n) is 5.12. The maximum Gasteiger partial charge on any atom is 0.433 e. The van der Waals surface area contributed by atoms with Crippen molar-refractivity contribution in [3.8, 4) is 11.1 Å². The first kappa shape index (κ1) is 27.4. The second-order valence-corrected chi connectivity index (χ2v) is 8.28. The number of nitrogens with zero attached hydrogens (tertiary/aromatic N) is 4. The lowest BCUT2D eigenvalue weighted by Gasteiger charge is -2.32. The molecule has 0 saturated carbocycles. The van der Waals surface area contributed by atoms with E-state index in [1.54, 1.807) is 31.2 Å². The molecule has 198 valence electrons. The van der Waals surface area contributed by atoms with Crippen molar-refractivity contribution in [1.29, 1.82) is 0 Å². The third-order valence-corrected chi connectivity index (χ3v) is 5.12. The Kier molecular flexibility index (Phi) is 7.76. The number of aryl methyl sites for hydroxylation is 1. The van der Waals surface area contributed by atoms with Crippen molar-refractivity contribution >= 4 is 23.3 Å². The molecule has 0 amide bonds. The Morgan fingerprint density at radius 3 is 2.30 bits per heavy atom. The van der Waals surface area contributed by atoms with Gasteiger partial charge in [-0.3, -0.25) is 0 Å². The van der Waals surface area contributed by atoms with Crippen LogP contribution < -0.4 is 27.7 Å². The van der Waals surface area contributed by atoms with Gasteiger partial charge in [0.1, 0.15) is 17.1 Å². The number of rotatable bonds is 7. The largest absolute Gasteiger partial charge is 0.433 e. The molecule has 2 heterocycles. The SMILES string of the molecule is Cc1cc(Nc2nccc(C(F)(F)F)n2)cc(-c2ccc(NC(C)(CC(F)(F)F)/C(=N/N)NN)nc2)c1. The topological polar surface area (TPSA) is 139 Å². The van der Waals surface area contributed by atoms with Gasteiger partial charge < -0.3 is 21.9 Å². The first-order valence-electron chi connectivity index (χ1n) is 10.6. The van der Waals surface area contributed by atoms with Crippen molar-refractivity contribution in [3.63, 3.8) is 0 Å². The van der Waals surface area contributed by atoms with Crippen LogP contribution in [0.15, 0.2) is 53.9 Å². The van der Waals surface area contributed by atoms with E-state index in [1.165, 1.54) is 19.2 Å². The van der Waals surface area contributed by atoms with E-state index < -0.39 is 30.0 Å². The first-order chi connectivity index (χ1) is 17.2. The molecule has 0 spiro atoms. The Bertz CT molecular complexity index is 1260. The van der Waals surface area contributed by atoms with Crippen LogP contribution in [-0.2, 0) is 6.18 Å². The highest BCUT2D eigenvalue weighted by Gasteiger charge is 2.43. The molecule has 1 atom stereocenters. The number of anilines is 3. The van der Waals surface area contributed by atoms with Gasteiger partial charge in [-0.15, -0.1) is 0 Å². The van der Waals surface area contributed by atoms with E-state index in [0.717, 1.165) is 17.8 Å².